The van der Waals surface area contributed by atoms with Crippen molar-refractivity contribution in [3.63, 3.8) is 0 Å². The Morgan fingerprint density at radius 2 is 1.88 bits per heavy atom. The van der Waals surface area contributed by atoms with Crippen molar-refractivity contribution in [3.05, 3.63) is 51.6 Å². The molecule has 5 nitrogen and oxygen atoms in total. The number of nitrogens with zero attached hydrogens (tertiary/aromatic N) is 2. The molecular formula is C18H25BrN4O. The molecule has 1 heterocycles. The number of oxazole rings is 1. The molecule has 130 valence electrons. The number of aliphatic imine (C=N–C) groups is 1. The molecule has 2 rings (SSSR count). The van der Waals surface area contributed by atoms with Crippen LogP contribution in [-0.2, 0) is 12.0 Å². The van der Waals surface area contributed by atoms with Crippen LogP contribution < -0.4 is 10.6 Å². The highest BCUT2D eigenvalue weighted by atomic mass is 79.9. The molecule has 2 N–H and O–H groups in total. The van der Waals surface area contributed by atoms with Gasteiger partial charge in [0.25, 0.3) is 0 Å². The van der Waals surface area contributed by atoms with Crippen LogP contribution in [-0.4, -0.2) is 24.5 Å². The first-order valence-corrected chi connectivity index (χ1v) is 8.74. The monoisotopic (exact) mass is 392 g/mol. The summed E-state index contributed by atoms with van der Waals surface area (Å²) in [5.74, 6) is 2.25. The van der Waals surface area contributed by atoms with Crippen LogP contribution in [0, 0.1) is 13.8 Å². The zero-order valence-electron chi connectivity index (χ0n) is 14.9. The first-order chi connectivity index (χ1) is 11.3. The highest BCUT2D eigenvalue weighted by Gasteiger charge is 2.21. The van der Waals surface area contributed by atoms with Gasteiger partial charge in [-0.25, -0.2) is 4.98 Å². The van der Waals surface area contributed by atoms with Gasteiger partial charge in [0, 0.05) is 23.5 Å². The zero-order chi connectivity index (χ0) is 17.7. The fourth-order valence-corrected chi connectivity index (χ4v) is 2.57. The topological polar surface area (TPSA) is 62.5 Å². The number of halogens is 1. The van der Waals surface area contributed by atoms with Gasteiger partial charge in [-0.15, -0.1) is 0 Å². The summed E-state index contributed by atoms with van der Waals surface area (Å²) in [6.45, 7) is 9.54. The van der Waals surface area contributed by atoms with Crippen LogP contribution in [0.5, 0.6) is 0 Å². The van der Waals surface area contributed by atoms with E-state index in [2.05, 4.69) is 74.7 Å². The van der Waals surface area contributed by atoms with Crippen LogP contribution >= 0.6 is 15.9 Å². The molecule has 6 heteroatoms. The van der Waals surface area contributed by atoms with Crippen LogP contribution in [0.3, 0.4) is 0 Å². The minimum atomic E-state index is -0.0194. The van der Waals surface area contributed by atoms with E-state index >= 15 is 0 Å². The van der Waals surface area contributed by atoms with Gasteiger partial charge in [0.2, 0.25) is 5.89 Å². The number of hydrogen-bond donors (Lipinski definition) is 2. The number of hydrogen-bond acceptors (Lipinski definition) is 3. The van der Waals surface area contributed by atoms with Gasteiger partial charge >= 0.3 is 0 Å². The number of rotatable bonds is 5. The second-order valence-corrected chi connectivity index (χ2v) is 7.33. The summed E-state index contributed by atoms with van der Waals surface area (Å²) in [5, 5.41) is 6.61. The molecule has 0 bridgehead atoms. The molecule has 1 aromatic heterocycles. The number of benzene rings is 1. The van der Waals surface area contributed by atoms with E-state index in [1.165, 1.54) is 5.56 Å². The van der Waals surface area contributed by atoms with E-state index in [0.29, 0.717) is 12.4 Å². The minimum absolute atomic E-state index is 0.0194. The Balaban J connectivity index is 1.91. The first kappa shape index (κ1) is 18.5. The van der Waals surface area contributed by atoms with Crippen LogP contribution in [0.15, 0.2) is 38.1 Å². The van der Waals surface area contributed by atoms with Crippen LogP contribution in [0.2, 0.25) is 0 Å². The Kier molecular flexibility index (Phi) is 6.04. The molecule has 0 saturated carbocycles. The summed E-state index contributed by atoms with van der Waals surface area (Å²) in [7, 11) is 1.76. The van der Waals surface area contributed by atoms with Gasteiger partial charge in [-0.3, -0.25) is 4.99 Å². The van der Waals surface area contributed by atoms with Gasteiger partial charge in [-0.05, 0) is 31.5 Å². The third-order valence-electron chi connectivity index (χ3n) is 4.03. The average Bonchev–Trinajstić information content (AvgIpc) is 2.86. The third-order valence-corrected chi connectivity index (χ3v) is 4.56. The molecule has 0 spiro atoms. The first-order valence-electron chi connectivity index (χ1n) is 7.95. The number of guanidine groups is 1. The lowest BCUT2D eigenvalue weighted by molar-refractivity contribution is 0.461. The van der Waals surface area contributed by atoms with E-state index in [4.69, 9.17) is 4.42 Å². The van der Waals surface area contributed by atoms with Crippen LogP contribution in [0.25, 0.3) is 0 Å². The SMILES string of the molecule is CN=C(NCc1nc(C)c(C)o1)NCC(C)(C)c1ccc(Br)cc1. The van der Waals surface area contributed by atoms with Gasteiger partial charge in [-0.2, -0.15) is 0 Å². The maximum atomic E-state index is 5.57. The quantitative estimate of drug-likeness (QED) is 0.601. The third kappa shape index (κ3) is 4.84. The van der Waals surface area contributed by atoms with E-state index in [0.717, 1.165) is 28.4 Å². The molecule has 0 aliphatic rings. The standard InChI is InChI=1S/C18H25BrN4O/c1-12-13(2)24-16(23-12)10-21-17(20-5)22-11-18(3,4)14-6-8-15(19)9-7-14/h6-9H,10-11H2,1-5H3,(H2,20,21,22). The van der Waals surface area contributed by atoms with Gasteiger partial charge in [0.15, 0.2) is 5.96 Å². The Labute approximate surface area is 152 Å². The molecule has 2 aromatic rings. The molecule has 0 atom stereocenters. The fourth-order valence-electron chi connectivity index (χ4n) is 2.30. The molecular weight excluding hydrogens is 368 g/mol. The summed E-state index contributed by atoms with van der Waals surface area (Å²) in [5.41, 5.74) is 2.17. The normalized spacial score (nSPS) is 12.3. The Morgan fingerprint density at radius 1 is 1.21 bits per heavy atom. The smallest absolute Gasteiger partial charge is 0.214 e. The van der Waals surface area contributed by atoms with Crippen molar-refractivity contribution in [2.75, 3.05) is 13.6 Å². The molecule has 0 aliphatic carbocycles. The van der Waals surface area contributed by atoms with Gasteiger partial charge in [0.1, 0.15) is 5.76 Å². The van der Waals surface area contributed by atoms with Crippen LogP contribution in [0.1, 0.15) is 36.8 Å². The van der Waals surface area contributed by atoms with E-state index in [9.17, 15) is 0 Å². The second kappa shape index (κ2) is 7.83. The molecule has 0 radical (unpaired) electrons. The van der Waals surface area contributed by atoms with E-state index in [1.54, 1.807) is 7.05 Å². The lowest BCUT2D eigenvalue weighted by atomic mass is 9.85. The Hall–Kier alpha value is -1.82. The molecule has 0 fully saturated rings. The van der Waals surface area contributed by atoms with Crippen molar-refractivity contribution in [2.24, 2.45) is 4.99 Å². The largest absolute Gasteiger partial charge is 0.444 e. The van der Waals surface area contributed by atoms with E-state index < -0.39 is 0 Å². The van der Waals surface area contributed by atoms with Gasteiger partial charge in [0.05, 0.1) is 12.2 Å². The maximum absolute atomic E-state index is 5.57. The molecule has 0 unspecified atom stereocenters. The summed E-state index contributed by atoms with van der Waals surface area (Å²) in [4.78, 5) is 8.63. The zero-order valence-corrected chi connectivity index (χ0v) is 16.5. The summed E-state index contributed by atoms with van der Waals surface area (Å²) >= 11 is 3.48. The fraction of sp³-hybridized carbons (Fsp3) is 0.444. The van der Waals surface area contributed by atoms with E-state index in [1.807, 2.05) is 13.8 Å². The maximum Gasteiger partial charge on any atom is 0.214 e. The summed E-state index contributed by atoms with van der Waals surface area (Å²) in [6.07, 6.45) is 0. The predicted octanol–water partition coefficient (Wildman–Crippen LogP) is 3.70. The van der Waals surface area contributed by atoms with Gasteiger partial charge < -0.3 is 15.1 Å². The van der Waals surface area contributed by atoms with Crippen molar-refractivity contribution >= 4 is 21.9 Å². The average molecular weight is 393 g/mol. The lowest BCUT2D eigenvalue weighted by Crippen LogP contribution is -2.43. The molecule has 0 aliphatic heterocycles. The van der Waals surface area contributed by atoms with Crippen molar-refractivity contribution in [3.8, 4) is 0 Å². The lowest BCUT2D eigenvalue weighted by Gasteiger charge is -2.26. The molecule has 0 amide bonds. The van der Waals surface area contributed by atoms with E-state index in [-0.39, 0.29) is 5.41 Å². The highest BCUT2D eigenvalue weighted by Crippen LogP contribution is 2.23. The molecule has 1 aromatic carbocycles. The molecule has 0 saturated heterocycles. The Bertz CT molecular complexity index is 685. The number of aromatic nitrogens is 1. The Morgan fingerprint density at radius 3 is 2.42 bits per heavy atom. The molecule has 24 heavy (non-hydrogen) atoms. The van der Waals surface area contributed by atoms with Crippen molar-refractivity contribution in [1.29, 1.82) is 0 Å². The van der Waals surface area contributed by atoms with Gasteiger partial charge in [-0.1, -0.05) is 41.9 Å². The predicted molar refractivity (Wildman–Crippen MR) is 101 cm³/mol. The summed E-state index contributed by atoms with van der Waals surface area (Å²) in [6, 6.07) is 8.41. The number of nitrogens with one attached hydrogen (secondary N) is 2. The highest BCUT2D eigenvalue weighted by molar-refractivity contribution is 9.10. The number of aryl methyl sites for hydroxylation is 2. The summed E-state index contributed by atoms with van der Waals surface area (Å²) < 4.78 is 6.66. The van der Waals surface area contributed by atoms with Crippen molar-refractivity contribution in [1.82, 2.24) is 15.6 Å². The van der Waals surface area contributed by atoms with Crippen molar-refractivity contribution < 1.29 is 4.42 Å². The second-order valence-electron chi connectivity index (χ2n) is 6.42. The van der Waals surface area contributed by atoms with Crippen LogP contribution in [0.4, 0.5) is 0 Å². The van der Waals surface area contributed by atoms with Crippen molar-refractivity contribution in [2.45, 2.75) is 39.7 Å². The minimum Gasteiger partial charge on any atom is -0.444 e.